The van der Waals surface area contributed by atoms with Crippen molar-refractivity contribution in [2.75, 3.05) is 33.4 Å². The lowest BCUT2D eigenvalue weighted by atomic mass is 10.3. The molecular formula is C16H23NO4. The van der Waals surface area contributed by atoms with Crippen LogP contribution in [0.5, 0.6) is 5.75 Å². The van der Waals surface area contributed by atoms with Gasteiger partial charge in [-0.25, -0.2) is 0 Å². The van der Waals surface area contributed by atoms with Crippen molar-refractivity contribution in [2.24, 2.45) is 0 Å². The van der Waals surface area contributed by atoms with Crippen LogP contribution in [0, 0.1) is 0 Å². The maximum Gasteiger partial charge on any atom is 0.263 e. The average molecular weight is 293 g/mol. The molecule has 5 nitrogen and oxygen atoms in total. The van der Waals surface area contributed by atoms with Gasteiger partial charge in [-0.15, -0.1) is 0 Å². The Kier molecular flexibility index (Phi) is 6.02. The molecule has 1 amide bonds. The molecule has 2 rings (SSSR count). The van der Waals surface area contributed by atoms with Crippen molar-refractivity contribution in [3.63, 3.8) is 0 Å². The van der Waals surface area contributed by atoms with E-state index in [9.17, 15) is 4.79 Å². The Balaban J connectivity index is 1.78. The standard InChI is InChI=1S/C16H23NO4/c1-13(21-14-6-4-3-5-7-14)16(18)17-9-8-15(12-17)20-11-10-19-2/h3-7,13,15H,8-12H2,1-2H3/t13-,15+/m0/s1. The summed E-state index contributed by atoms with van der Waals surface area (Å²) in [6, 6.07) is 9.40. The number of hydrogen-bond donors (Lipinski definition) is 0. The normalized spacial score (nSPS) is 19.5. The highest BCUT2D eigenvalue weighted by molar-refractivity contribution is 5.81. The average Bonchev–Trinajstić information content (AvgIpc) is 2.96. The van der Waals surface area contributed by atoms with Gasteiger partial charge in [-0.1, -0.05) is 18.2 Å². The van der Waals surface area contributed by atoms with E-state index in [0.717, 1.165) is 13.0 Å². The molecule has 0 unspecified atom stereocenters. The summed E-state index contributed by atoms with van der Waals surface area (Å²) in [7, 11) is 1.65. The van der Waals surface area contributed by atoms with Crippen molar-refractivity contribution in [3.05, 3.63) is 30.3 Å². The van der Waals surface area contributed by atoms with Crippen molar-refractivity contribution in [3.8, 4) is 5.75 Å². The summed E-state index contributed by atoms with van der Waals surface area (Å²) in [6.07, 6.45) is 0.492. The number of hydrogen-bond acceptors (Lipinski definition) is 4. The maximum absolute atomic E-state index is 12.3. The fraction of sp³-hybridized carbons (Fsp3) is 0.562. The number of ether oxygens (including phenoxy) is 3. The molecule has 21 heavy (non-hydrogen) atoms. The summed E-state index contributed by atoms with van der Waals surface area (Å²) in [4.78, 5) is 14.2. The number of carbonyl (C=O) groups is 1. The number of methoxy groups -OCH3 is 1. The first-order valence-electron chi connectivity index (χ1n) is 7.31. The van der Waals surface area contributed by atoms with Crippen molar-refractivity contribution in [2.45, 2.75) is 25.6 Å². The summed E-state index contributed by atoms with van der Waals surface area (Å²) >= 11 is 0. The van der Waals surface area contributed by atoms with Crippen LogP contribution in [-0.2, 0) is 14.3 Å². The van der Waals surface area contributed by atoms with E-state index in [2.05, 4.69) is 0 Å². The lowest BCUT2D eigenvalue weighted by Crippen LogP contribution is -2.39. The van der Waals surface area contributed by atoms with Gasteiger partial charge in [0.25, 0.3) is 5.91 Å². The molecule has 1 aromatic rings. The van der Waals surface area contributed by atoms with E-state index in [4.69, 9.17) is 14.2 Å². The van der Waals surface area contributed by atoms with Gasteiger partial charge in [0, 0.05) is 20.2 Å². The largest absolute Gasteiger partial charge is 0.481 e. The highest BCUT2D eigenvalue weighted by atomic mass is 16.5. The third-order valence-electron chi connectivity index (χ3n) is 3.50. The second-order valence-corrected chi connectivity index (χ2v) is 5.13. The highest BCUT2D eigenvalue weighted by Crippen LogP contribution is 2.16. The molecule has 0 aliphatic carbocycles. The van der Waals surface area contributed by atoms with Crippen LogP contribution in [0.4, 0.5) is 0 Å². The first-order chi connectivity index (χ1) is 10.2. The molecule has 1 aliphatic heterocycles. The first kappa shape index (κ1) is 15.8. The van der Waals surface area contributed by atoms with Gasteiger partial charge in [0.05, 0.1) is 19.3 Å². The van der Waals surface area contributed by atoms with Crippen LogP contribution in [0.2, 0.25) is 0 Å². The molecule has 5 heteroatoms. The minimum Gasteiger partial charge on any atom is -0.481 e. The van der Waals surface area contributed by atoms with Crippen LogP contribution in [-0.4, -0.2) is 56.4 Å². The third kappa shape index (κ3) is 4.72. The molecule has 1 aromatic carbocycles. The Morgan fingerprint density at radius 3 is 2.81 bits per heavy atom. The Morgan fingerprint density at radius 2 is 2.10 bits per heavy atom. The predicted octanol–water partition coefficient (Wildman–Crippen LogP) is 1.72. The quantitative estimate of drug-likeness (QED) is 0.718. The summed E-state index contributed by atoms with van der Waals surface area (Å²) in [5.41, 5.74) is 0. The van der Waals surface area contributed by atoms with Crippen molar-refractivity contribution >= 4 is 5.91 Å². The van der Waals surface area contributed by atoms with E-state index in [1.165, 1.54) is 0 Å². The molecular weight excluding hydrogens is 270 g/mol. The molecule has 0 aromatic heterocycles. The van der Waals surface area contributed by atoms with Crippen LogP contribution in [0.25, 0.3) is 0 Å². The van der Waals surface area contributed by atoms with E-state index >= 15 is 0 Å². The predicted molar refractivity (Wildman–Crippen MR) is 79.3 cm³/mol. The second kappa shape index (κ2) is 8.00. The van der Waals surface area contributed by atoms with Crippen LogP contribution < -0.4 is 4.74 Å². The van der Waals surface area contributed by atoms with Gasteiger partial charge in [0.2, 0.25) is 0 Å². The number of benzene rings is 1. The first-order valence-corrected chi connectivity index (χ1v) is 7.31. The van der Waals surface area contributed by atoms with Crippen molar-refractivity contribution < 1.29 is 19.0 Å². The van der Waals surface area contributed by atoms with Gasteiger partial charge in [-0.3, -0.25) is 4.79 Å². The van der Waals surface area contributed by atoms with E-state index in [-0.39, 0.29) is 12.0 Å². The number of nitrogens with zero attached hydrogens (tertiary/aromatic N) is 1. The van der Waals surface area contributed by atoms with Gasteiger partial charge in [-0.2, -0.15) is 0 Å². The van der Waals surface area contributed by atoms with Gasteiger partial charge in [0.1, 0.15) is 5.75 Å². The molecule has 0 saturated carbocycles. The zero-order valence-electron chi connectivity index (χ0n) is 12.7. The number of rotatable bonds is 7. The zero-order valence-corrected chi connectivity index (χ0v) is 12.7. The summed E-state index contributed by atoms with van der Waals surface area (Å²) in [5, 5.41) is 0. The third-order valence-corrected chi connectivity index (χ3v) is 3.50. The summed E-state index contributed by atoms with van der Waals surface area (Å²) in [6.45, 7) is 4.29. The van der Waals surface area contributed by atoms with Gasteiger partial charge >= 0.3 is 0 Å². The minimum absolute atomic E-state index is 0.0108. The fourth-order valence-electron chi connectivity index (χ4n) is 2.37. The fourth-order valence-corrected chi connectivity index (χ4v) is 2.37. The lowest BCUT2D eigenvalue weighted by molar-refractivity contribution is -0.137. The molecule has 116 valence electrons. The Labute approximate surface area is 125 Å². The van der Waals surface area contributed by atoms with Crippen LogP contribution in [0.3, 0.4) is 0 Å². The molecule has 0 N–H and O–H groups in total. The smallest absolute Gasteiger partial charge is 0.263 e. The van der Waals surface area contributed by atoms with Crippen molar-refractivity contribution in [1.82, 2.24) is 4.90 Å². The molecule has 1 fully saturated rings. The Hall–Kier alpha value is -1.59. The Bertz CT molecular complexity index is 437. The number of para-hydroxylation sites is 1. The van der Waals surface area contributed by atoms with E-state index in [1.54, 1.807) is 14.0 Å². The van der Waals surface area contributed by atoms with Crippen LogP contribution in [0.1, 0.15) is 13.3 Å². The van der Waals surface area contributed by atoms with E-state index in [0.29, 0.717) is 25.5 Å². The van der Waals surface area contributed by atoms with Crippen LogP contribution >= 0.6 is 0 Å². The van der Waals surface area contributed by atoms with Crippen LogP contribution in [0.15, 0.2) is 30.3 Å². The number of carbonyl (C=O) groups excluding carboxylic acids is 1. The second-order valence-electron chi connectivity index (χ2n) is 5.13. The van der Waals surface area contributed by atoms with E-state index in [1.807, 2.05) is 35.2 Å². The minimum atomic E-state index is -0.481. The van der Waals surface area contributed by atoms with E-state index < -0.39 is 6.10 Å². The molecule has 2 atom stereocenters. The lowest BCUT2D eigenvalue weighted by Gasteiger charge is -2.21. The molecule has 1 saturated heterocycles. The summed E-state index contributed by atoms with van der Waals surface area (Å²) < 4.78 is 16.3. The van der Waals surface area contributed by atoms with Gasteiger partial charge < -0.3 is 19.1 Å². The zero-order chi connectivity index (χ0) is 15.1. The topological polar surface area (TPSA) is 48.0 Å². The molecule has 1 aliphatic rings. The maximum atomic E-state index is 12.3. The molecule has 0 spiro atoms. The highest BCUT2D eigenvalue weighted by Gasteiger charge is 2.30. The number of likely N-dealkylation sites (tertiary alicyclic amines) is 1. The monoisotopic (exact) mass is 293 g/mol. The number of amides is 1. The SMILES string of the molecule is COCCO[C@@H]1CCN(C(=O)[C@H](C)Oc2ccccc2)C1. The summed E-state index contributed by atoms with van der Waals surface area (Å²) in [5.74, 6) is 0.724. The molecule has 0 bridgehead atoms. The molecule has 1 heterocycles. The van der Waals surface area contributed by atoms with Gasteiger partial charge in [0.15, 0.2) is 6.10 Å². The molecule has 0 radical (unpaired) electrons. The van der Waals surface area contributed by atoms with Gasteiger partial charge in [-0.05, 0) is 25.5 Å². The van der Waals surface area contributed by atoms with Crippen molar-refractivity contribution in [1.29, 1.82) is 0 Å². The Morgan fingerprint density at radius 1 is 1.33 bits per heavy atom.